The SMILES string of the molecule is C=C(C=CC)CN=C=S. The first kappa shape index (κ1) is 8.28. The maximum atomic E-state index is 4.37. The summed E-state index contributed by atoms with van der Waals surface area (Å²) in [5.41, 5.74) is 0.954. The van der Waals surface area contributed by atoms with Crippen LogP contribution in [0.4, 0.5) is 0 Å². The van der Waals surface area contributed by atoms with Crippen molar-refractivity contribution in [3.05, 3.63) is 24.3 Å². The first-order chi connectivity index (χ1) is 4.31. The Hall–Kier alpha value is -0.720. The molecule has 0 amide bonds. The molecular weight excluding hydrogens is 130 g/mol. The lowest BCUT2D eigenvalue weighted by atomic mass is 10.3. The highest BCUT2D eigenvalue weighted by atomic mass is 32.1. The summed E-state index contributed by atoms with van der Waals surface area (Å²) in [6.45, 7) is 6.22. The molecule has 0 rings (SSSR count). The monoisotopic (exact) mass is 139 g/mol. The van der Waals surface area contributed by atoms with E-state index in [-0.39, 0.29) is 0 Å². The minimum absolute atomic E-state index is 0.563. The molecule has 0 fully saturated rings. The highest BCUT2D eigenvalue weighted by Crippen LogP contribution is 1.91. The quantitative estimate of drug-likeness (QED) is 0.332. The van der Waals surface area contributed by atoms with E-state index in [2.05, 4.69) is 29.0 Å². The molecule has 0 spiro atoms. The fourth-order valence-electron chi connectivity index (χ4n) is 0.422. The van der Waals surface area contributed by atoms with Gasteiger partial charge in [0.15, 0.2) is 0 Å². The summed E-state index contributed by atoms with van der Waals surface area (Å²) in [6.07, 6.45) is 3.82. The number of rotatable bonds is 3. The maximum absolute atomic E-state index is 4.37. The van der Waals surface area contributed by atoms with E-state index in [1.165, 1.54) is 0 Å². The predicted molar refractivity (Wildman–Crippen MR) is 43.8 cm³/mol. The van der Waals surface area contributed by atoms with Gasteiger partial charge in [-0.15, -0.1) is 0 Å². The molecule has 0 aliphatic heterocycles. The lowest BCUT2D eigenvalue weighted by molar-refractivity contribution is 1.21. The molecule has 0 radical (unpaired) electrons. The van der Waals surface area contributed by atoms with Gasteiger partial charge in [-0.1, -0.05) is 18.7 Å². The van der Waals surface area contributed by atoms with E-state index in [0.29, 0.717) is 6.54 Å². The molecule has 0 aromatic heterocycles. The Bertz CT molecular complexity index is 164. The summed E-state index contributed by atoms with van der Waals surface area (Å²) in [5, 5.41) is 2.27. The third kappa shape index (κ3) is 5.15. The molecule has 9 heavy (non-hydrogen) atoms. The van der Waals surface area contributed by atoms with Gasteiger partial charge >= 0.3 is 0 Å². The second-order valence-electron chi connectivity index (χ2n) is 1.57. The van der Waals surface area contributed by atoms with Crippen molar-refractivity contribution in [3.8, 4) is 0 Å². The summed E-state index contributed by atoms with van der Waals surface area (Å²) in [6, 6.07) is 0. The van der Waals surface area contributed by atoms with E-state index in [1.54, 1.807) is 0 Å². The van der Waals surface area contributed by atoms with Crippen LogP contribution in [-0.2, 0) is 0 Å². The normalized spacial score (nSPS) is 9.00. The first-order valence-corrected chi connectivity index (χ1v) is 3.06. The van der Waals surface area contributed by atoms with Crippen LogP contribution in [0.15, 0.2) is 29.3 Å². The average molecular weight is 139 g/mol. The van der Waals surface area contributed by atoms with Crippen LogP contribution in [0, 0.1) is 0 Å². The van der Waals surface area contributed by atoms with Crippen molar-refractivity contribution in [2.75, 3.05) is 6.54 Å². The van der Waals surface area contributed by atoms with E-state index in [1.807, 2.05) is 19.1 Å². The Morgan fingerprint density at radius 2 is 2.56 bits per heavy atom. The van der Waals surface area contributed by atoms with Gasteiger partial charge in [-0.3, -0.25) is 0 Å². The number of allylic oxidation sites excluding steroid dienone is 1. The standard InChI is InChI=1S/C7H9NS/c1-3-4-7(2)5-8-6-9/h3-4H,2,5H2,1H3. The van der Waals surface area contributed by atoms with Crippen LogP contribution < -0.4 is 0 Å². The molecule has 0 unspecified atom stereocenters. The van der Waals surface area contributed by atoms with Gasteiger partial charge in [0.05, 0.1) is 11.7 Å². The molecule has 0 saturated carbocycles. The van der Waals surface area contributed by atoms with E-state index >= 15 is 0 Å². The molecule has 0 atom stereocenters. The molecule has 0 aromatic rings. The lowest BCUT2D eigenvalue weighted by Gasteiger charge is -1.87. The first-order valence-electron chi connectivity index (χ1n) is 2.65. The third-order valence-corrected chi connectivity index (χ3v) is 0.878. The van der Waals surface area contributed by atoms with E-state index in [0.717, 1.165) is 5.57 Å². The summed E-state index contributed by atoms with van der Waals surface area (Å²) >= 11 is 4.37. The second-order valence-corrected chi connectivity index (χ2v) is 1.75. The lowest BCUT2D eigenvalue weighted by Crippen LogP contribution is -1.78. The van der Waals surface area contributed by atoms with Gasteiger partial charge in [0.2, 0.25) is 0 Å². The van der Waals surface area contributed by atoms with Gasteiger partial charge in [-0.05, 0) is 24.7 Å². The number of hydrogen-bond acceptors (Lipinski definition) is 2. The largest absolute Gasteiger partial charge is 0.228 e. The fourth-order valence-corrected chi connectivity index (χ4v) is 0.487. The van der Waals surface area contributed by atoms with E-state index in [4.69, 9.17) is 0 Å². The molecule has 2 heteroatoms. The van der Waals surface area contributed by atoms with Crippen LogP contribution in [0.1, 0.15) is 6.92 Å². The fraction of sp³-hybridized carbons (Fsp3) is 0.286. The number of hydrogen-bond donors (Lipinski definition) is 0. The Morgan fingerprint density at radius 3 is 3.00 bits per heavy atom. The number of aliphatic imine (C=N–C) groups is 1. The van der Waals surface area contributed by atoms with Crippen LogP contribution in [0.5, 0.6) is 0 Å². The Morgan fingerprint density at radius 1 is 1.89 bits per heavy atom. The van der Waals surface area contributed by atoms with Gasteiger partial charge in [0.25, 0.3) is 0 Å². The smallest absolute Gasteiger partial charge is 0.0737 e. The number of nitrogens with zero attached hydrogens (tertiary/aromatic N) is 1. The van der Waals surface area contributed by atoms with Crippen LogP contribution in [0.3, 0.4) is 0 Å². The molecule has 1 nitrogen and oxygen atoms in total. The maximum Gasteiger partial charge on any atom is 0.0737 e. The van der Waals surface area contributed by atoms with Crippen molar-refractivity contribution in [1.82, 2.24) is 0 Å². The minimum atomic E-state index is 0.563. The topological polar surface area (TPSA) is 12.4 Å². The molecule has 48 valence electrons. The number of thiocarbonyl (C=S) groups is 1. The van der Waals surface area contributed by atoms with E-state index in [9.17, 15) is 0 Å². The van der Waals surface area contributed by atoms with Crippen LogP contribution in [0.25, 0.3) is 0 Å². The molecule has 0 heterocycles. The van der Waals surface area contributed by atoms with Gasteiger partial charge < -0.3 is 0 Å². The molecule has 0 N–H and O–H groups in total. The number of isothiocyanates is 1. The van der Waals surface area contributed by atoms with Crippen molar-refractivity contribution >= 4 is 17.4 Å². The van der Waals surface area contributed by atoms with Gasteiger partial charge in [-0.25, -0.2) is 4.99 Å². The van der Waals surface area contributed by atoms with Crippen molar-refractivity contribution in [3.63, 3.8) is 0 Å². The summed E-state index contributed by atoms with van der Waals surface area (Å²) in [4.78, 5) is 3.70. The third-order valence-electron chi connectivity index (χ3n) is 0.749. The Kier molecular flexibility index (Phi) is 4.98. The van der Waals surface area contributed by atoms with Crippen LogP contribution >= 0.6 is 12.2 Å². The zero-order valence-electron chi connectivity index (χ0n) is 5.42. The predicted octanol–water partition coefficient (Wildman–Crippen LogP) is 2.22. The zero-order chi connectivity index (χ0) is 7.11. The van der Waals surface area contributed by atoms with Crippen LogP contribution in [-0.4, -0.2) is 11.7 Å². The average Bonchev–Trinajstić information content (AvgIpc) is 1.85. The summed E-state index contributed by atoms with van der Waals surface area (Å²) in [5.74, 6) is 0. The molecule has 0 bridgehead atoms. The van der Waals surface area contributed by atoms with Gasteiger partial charge in [0, 0.05) is 0 Å². The molecule has 0 aliphatic carbocycles. The van der Waals surface area contributed by atoms with Crippen LogP contribution in [0.2, 0.25) is 0 Å². The van der Waals surface area contributed by atoms with Crippen molar-refractivity contribution < 1.29 is 0 Å². The van der Waals surface area contributed by atoms with Crippen molar-refractivity contribution in [2.24, 2.45) is 4.99 Å². The van der Waals surface area contributed by atoms with Crippen molar-refractivity contribution in [2.45, 2.75) is 6.92 Å². The molecule has 0 saturated heterocycles. The Balaban J connectivity index is 3.64. The highest BCUT2D eigenvalue weighted by Gasteiger charge is 1.80. The van der Waals surface area contributed by atoms with Gasteiger partial charge in [0.1, 0.15) is 0 Å². The zero-order valence-corrected chi connectivity index (χ0v) is 6.24. The Labute approximate surface area is 60.8 Å². The highest BCUT2D eigenvalue weighted by molar-refractivity contribution is 7.78. The van der Waals surface area contributed by atoms with Gasteiger partial charge in [-0.2, -0.15) is 0 Å². The molecule has 0 aromatic carbocycles. The summed E-state index contributed by atoms with van der Waals surface area (Å²) < 4.78 is 0. The minimum Gasteiger partial charge on any atom is -0.228 e. The second kappa shape index (κ2) is 5.42. The molecule has 0 aliphatic rings. The molecular formula is C7H9NS. The van der Waals surface area contributed by atoms with E-state index < -0.39 is 0 Å². The summed E-state index contributed by atoms with van der Waals surface area (Å²) in [7, 11) is 0. The van der Waals surface area contributed by atoms with Crippen molar-refractivity contribution in [1.29, 1.82) is 0 Å².